The second kappa shape index (κ2) is 12.3. The highest BCUT2D eigenvalue weighted by Gasteiger charge is 2.27. The summed E-state index contributed by atoms with van der Waals surface area (Å²) in [6.07, 6.45) is 3.36. The molecule has 0 saturated carbocycles. The molecular formula is C20H29Cl2N5O2. The number of pyridine rings is 1. The highest BCUT2D eigenvalue weighted by molar-refractivity contribution is 5.89. The summed E-state index contributed by atoms with van der Waals surface area (Å²) in [5.74, 6) is -0.198. The zero-order chi connectivity index (χ0) is 19.9. The maximum atomic E-state index is 12.1. The summed E-state index contributed by atoms with van der Waals surface area (Å²) < 4.78 is 0. The molecule has 3 amide bonds. The first-order valence-corrected chi connectivity index (χ1v) is 8.81. The Kier molecular flexibility index (Phi) is 11.3. The summed E-state index contributed by atoms with van der Waals surface area (Å²) in [6.45, 7) is 6.52. The largest absolute Gasteiger partial charge is 0.351 e. The van der Waals surface area contributed by atoms with Crippen molar-refractivity contribution in [3.63, 3.8) is 0 Å². The van der Waals surface area contributed by atoms with E-state index in [1.165, 1.54) is 0 Å². The Hall–Kier alpha value is -2.35. The van der Waals surface area contributed by atoms with E-state index in [0.29, 0.717) is 18.8 Å². The fourth-order valence-corrected chi connectivity index (χ4v) is 2.31. The maximum Gasteiger partial charge on any atom is 0.319 e. The van der Waals surface area contributed by atoms with Crippen LogP contribution < -0.4 is 21.7 Å². The van der Waals surface area contributed by atoms with Crippen molar-refractivity contribution in [3.05, 3.63) is 59.9 Å². The molecule has 2 aromatic rings. The number of anilines is 1. The smallest absolute Gasteiger partial charge is 0.319 e. The molecule has 2 rings (SSSR count). The molecule has 5 N–H and O–H groups in total. The summed E-state index contributed by atoms with van der Waals surface area (Å²) in [5, 5.41) is 8.40. The number of nitrogens with zero attached hydrogens (tertiary/aromatic N) is 1. The van der Waals surface area contributed by atoms with E-state index < -0.39 is 6.04 Å². The van der Waals surface area contributed by atoms with Crippen LogP contribution in [-0.2, 0) is 17.9 Å². The van der Waals surface area contributed by atoms with Gasteiger partial charge in [-0.05, 0) is 40.8 Å². The van der Waals surface area contributed by atoms with Crippen LogP contribution in [0.4, 0.5) is 10.5 Å². The van der Waals surface area contributed by atoms with Crippen LogP contribution in [0.3, 0.4) is 0 Å². The number of amides is 3. The van der Waals surface area contributed by atoms with Gasteiger partial charge in [0.05, 0.1) is 6.04 Å². The molecule has 0 saturated heterocycles. The molecule has 1 aromatic heterocycles. The van der Waals surface area contributed by atoms with E-state index in [1.807, 2.05) is 51.1 Å². The van der Waals surface area contributed by atoms with Crippen LogP contribution in [0.25, 0.3) is 0 Å². The fourth-order valence-electron chi connectivity index (χ4n) is 2.31. The normalized spacial score (nSPS) is 11.3. The number of hydrogen-bond donors (Lipinski definition) is 4. The molecule has 1 aromatic carbocycles. The Morgan fingerprint density at radius 3 is 2.24 bits per heavy atom. The van der Waals surface area contributed by atoms with Gasteiger partial charge in [-0.2, -0.15) is 0 Å². The Bertz CT molecular complexity index is 782. The van der Waals surface area contributed by atoms with Gasteiger partial charge in [-0.15, -0.1) is 24.8 Å². The van der Waals surface area contributed by atoms with E-state index in [2.05, 4.69) is 20.9 Å². The Labute approximate surface area is 184 Å². The lowest BCUT2D eigenvalue weighted by molar-refractivity contribution is -0.124. The number of carbonyl (C=O) groups is 2. The standard InChI is InChI=1S/C20H27N5O2.2ClH/c1-20(2,3)17(21)18(26)23-13-15-5-4-6-16(11-15)25-19(27)24-12-14-7-9-22-10-8-14;;/h4-11,17H,12-13,21H2,1-3H3,(H,23,26)(H2,24,25,27);2*1H/t17-;;/m1../s1. The summed E-state index contributed by atoms with van der Waals surface area (Å²) in [5.41, 5.74) is 8.13. The van der Waals surface area contributed by atoms with Crippen LogP contribution in [0.2, 0.25) is 0 Å². The van der Waals surface area contributed by atoms with Crippen LogP contribution in [0, 0.1) is 5.41 Å². The van der Waals surface area contributed by atoms with Crippen LogP contribution in [0.15, 0.2) is 48.8 Å². The van der Waals surface area contributed by atoms with Gasteiger partial charge in [0.25, 0.3) is 0 Å². The van der Waals surface area contributed by atoms with Crippen molar-refractivity contribution in [1.29, 1.82) is 0 Å². The second-order valence-electron chi connectivity index (χ2n) is 7.43. The van der Waals surface area contributed by atoms with Crippen molar-refractivity contribution in [3.8, 4) is 0 Å². The summed E-state index contributed by atoms with van der Waals surface area (Å²) >= 11 is 0. The number of halogens is 2. The van der Waals surface area contributed by atoms with E-state index in [9.17, 15) is 9.59 Å². The summed E-state index contributed by atoms with van der Waals surface area (Å²) in [6, 6.07) is 10.1. The molecule has 160 valence electrons. The Morgan fingerprint density at radius 2 is 1.62 bits per heavy atom. The minimum Gasteiger partial charge on any atom is -0.351 e. The molecule has 0 spiro atoms. The average Bonchev–Trinajstić information content (AvgIpc) is 2.64. The number of urea groups is 1. The summed E-state index contributed by atoms with van der Waals surface area (Å²) in [7, 11) is 0. The molecule has 0 aliphatic carbocycles. The lowest BCUT2D eigenvalue weighted by Crippen LogP contribution is -2.48. The number of carbonyl (C=O) groups excluding carboxylic acids is 2. The molecule has 1 atom stereocenters. The average molecular weight is 442 g/mol. The number of hydrogen-bond acceptors (Lipinski definition) is 4. The maximum absolute atomic E-state index is 12.1. The Morgan fingerprint density at radius 1 is 1.00 bits per heavy atom. The van der Waals surface area contributed by atoms with Gasteiger partial charge in [0.2, 0.25) is 5.91 Å². The lowest BCUT2D eigenvalue weighted by Gasteiger charge is -2.25. The van der Waals surface area contributed by atoms with Crippen molar-refractivity contribution in [1.82, 2.24) is 15.6 Å². The molecule has 0 aliphatic heterocycles. The quantitative estimate of drug-likeness (QED) is 0.551. The van der Waals surface area contributed by atoms with Gasteiger partial charge in [-0.25, -0.2) is 4.79 Å². The van der Waals surface area contributed by atoms with Crippen molar-refractivity contribution in [2.24, 2.45) is 11.1 Å². The second-order valence-corrected chi connectivity index (χ2v) is 7.43. The van der Waals surface area contributed by atoms with Gasteiger partial charge in [-0.3, -0.25) is 9.78 Å². The monoisotopic (exact) mass is 441 g/mol. The molecular weight excluding hydrogens is 413 g/mol. The van der Waals surface area contributed by atoms with Crippen molar-refractivity contribution < 1.29 is 9.59 Å². The van der Waals surface area contributed by atoms with E-state index >= 15 is 0 Å². The number of nitrogens with two attached hydrogens (primary N) is 1. The zero-order valence-electron chi connectivity index (χ0n) is 16.8. The summed E-state index contributed by atoms with van der Waals surface area (Å²) in [4.78, 5) is 28.1. The molecule has 9 heteroatoms. The van der Waals surface area contributed by atoms with Gasteiger partial charge in [-0.1, -0.05) is 32.9 Å². The molecule has 0 bridgehead atoms. The minimum atomic E-state index is -0.585. The number of nitrogens with one attached hydrogen (secondary N) is 3. The molecule has 0 unspecified atom stereocenters. The third-order valence-corrected chi connectivity index (χ3v) is 4.07. The van der Waals surface area contributed by atoms with Crippen LogP contribution in [0.5, 0.6) is 0 Å². The molecule has 1 heterocycles. The molecule has 29 heavy (non-hydrogen) atoms. The number of rotatable bonds is 6. The van der Waals surface area contributed by atoms with E-state index in [4.69, 9.17) is 5.73 Å². The van der Waals surface area contributed by atoms with Gasteiger partial charge < -0.3 is 21.7 Å². The predicted octanol–water partition coefficient (Wildman–Crippen LogP) is 3.24. The first-order valence-electron chi connectivity index (χ1n) is 8.81. The molecule has 7 nitrogen and oxygen atoms in total. The number of benzene rings is 1. The van der Waals surface area contributed by atoms with Gasteiger partial charge >= 0.3 is 6.03 Å². The van der Waals surface area contributed by atoms with E-state index in [-0.39, 0.29) is 42.2 Å². The highest BCUT2D eigenvalue weighted by atomic mass is 35.5. The van der Waals surface area contributed by atoms with Crippen LogP contribution in [-0.4, -0.2) is 23.0 Å². The highest BCUT2D eigenvalue weighted by Crippen LogP contribution is 2.17. The third kappa shape index (κ3) is 9.13. The molecule has 0 aliphatic rings. The van der Waals surface area contributed by atoms with Crippen LogP contribution >= 0.6 is 24.8 Å². The molecule has 0 fully saturated rings. The minimum absolute atomic E-state index is 0. The predicted molar refractivity (Wildman–Crippen MR) is 120 cm³/mol. The van der Waals surface area contributed by atoms with Crippen molar-refractivity contribution >= 4 is 42.4 Å². The number of aromatic nitrogens is 1. The van der Waals surface area contributed by atoms with Gasteiger partial charge in [0.15, 0.2) is 0 Å². The van der Waals surface area contributed by atoms with Gasteiger partial charge in [0.1, 0.15) is 0 Å². The van der Waals surface area contributed by atoms with Crippen molar-refractivity contribution in [2.75, 3.05) is 5.32 Å². The zero-order valence-corrected chi connectivity index (χ0v) is 18.4. The lowest BCUT2D eigenvalue weighted by atomic mass is 9.87. The van der Waals surface area contributed by atoms with Gasteiger partial charge in [0, 0.05) is 31.2 Å². The topological polar surface area (TPSA) is 109 Å². The first-order chi connectivity index (χ1) is 12.8. The van der Waals surface area contributed by atoms with E-state index in [0.717, 1.165) is 11.1 Å². The van der Waals surface area contributed by atoms with E-state index in [1.54, 1.807) is 18.5 Å². The van der Waals surface area contributed by atoms with Crippen molar-refractivity contribution in [2.45, 2.75) is 39.9 Å². The first kappa shape index (κ1) is 26.6. The third-order valence-electron chi connectivity index (χ3n) is 4.07. The fraction of sp³-hybridized carbons (Fsp3) is 0.350. The Balaban J connectivity index is 0.00000392. The van der Waals surface area contributed by atoms with Crippen LogP contribution in [0.1, 0.15) is 31.9 Å². The molecule has 0 radical (unpaired) electrons. The SMILES string of the molecule is CC(C)(C)[C@H](N)C(=O)NCc1cccc(NC(=O)NCc2ccncc2)c1.Cl.Cl.